The molecule has 0 bridgehead atoms. The zero-order valence-electron chi connectivity index (χ0n) is 11.7. The van der Waals surface area contributed by atoms with Gasteiger partial charge in [-0.1, -0.05) is 0 Å². The third-order valence-corrected chi connectivity index (χ3v) is 4.47. The monoisotopic (exact) mass is 372 g/mol. The first-order valence-corrected chi connectivity index (χ1v) is 7.74. The smallest absolute Gasteiger partial charge is 0.348 e. The molecular formula is C14H13BrO5S. The summed E-state index contributed by atoms with van der Waals surface area (Å²) in [5.74, 6) is -0.111. The molecule has 21 heavy (non-hydrogen) atoms. The predicted molar refractivity (Wildman–Crippen MR) is 83.3 cm³/mol. The van der Waals surface area contributed by atoms with Crippen LogP contribution in [-0.2, 0) is 9.53 Å². The maximum atomic E-state index is 11.8. The summed E-state index contributed by atoms with van der Waals surface area (Å²) >= 11 is 4.69. The highest BCUT2D eigenvalue weighted by Crippen LogP contribution is 2.44. The van der Waals surface area contributed by atoms with E-state index >= 15 is 0 Å². The lowest BCUT2D eigenvalue weighted by molar-refractivity contribution is -0.132. The van der Waals surface area contributed by atoms with Gasteiger partial charge in [0.15, 0.2) is 11.5 Å². The van der Waals surface area contributed by atoms with Gasteiger partial charge in [0.2, 0.25) is 0 Å². The average Bonchev–Trinajstić information content (AvgIpc) is 2.86. The molecule has 7 heteroatoms. The van der Waals surface area contributed by atoms with Crippen molar-refractivity contribution in [1.82, 2.24) is 0 Å². The van der Waals surface area contributed by atoms with Crippen molar-refractivity contribution in [2.75, 3.05) is 13.7 Å². The first kappa shape index (κ1) is 15.8. The van der Waals surface area contributed by atoms with Crippen LogP contribution in [-0.4, -0.2) is 25.7 Å². The summed E-state index contributed by atoms with van der Waals surface area (Å²) < 4.78 is 16.8. The summed E-state index contributed by atoms with van der Waals surface area (Å²) in [5.41, 5.74) is 0. The van der Waals surface area contributed by atoms with E-state index in [0.29, 0.717) is 27.5 Å². The number of carbonyl (C=O) groups is 2. The van der Waals surface area contributed by atoms with Crippen LogP contribution in [0, 0.1) is 0 Å². The molecule has 0 atom stereocenters. The van der Waals surface area contributed by atoms with E-state index in [9.17, 15) is 9.59 Å². The summed E-state index contributed by atoms with van der Waals surface area (Å²) in [6.45, 7) is 3.38. The minimum atomic E-state index is -0.450. The highest BCUT2D eigenvalue weighted by Gasteiger charge is 2.20. The fraction of sp³-hybridized carbons (Fsp3) is 0.286. The quantitative estimate of drug-likeness (QED) is 0.603. The van der Waals surface area contributed by atoms with Crippen LogP contribution in [0.3, 0.4) is 0 Å². The Kier molecular flexibility index (Phi) is 4.84. The van der Waals surface area contributed by atoms with Crippen LogP contribution in [0.25, 0.3) is 10.1 Å². The largest absolute Gasteiger partial charge is 0.493 e. The Morgan fingerprint density at radius 1 is 1.33 bits per heavy atom. The Bertz CT molecular complexity index is 707. The summed E-state index contributed by atoms with van der Waals surface area (Å²) in [6, 6.07) is 3.43. The number of methoxy groups -OCH3 is 1. The Morgan fingerprint density at radius 3 is 2.62 bits per heavy atom. The van der Waals surface area contributed by atoms with Crippen LogP contribution in [0.15, 0.2) is 16.6 Å². The molecule has 0 saturated carbocycles. The molecule has 112 valence electrons. The molecular weight excluding hydrogens is 360 g/mol. The molecule has 0 aliphatic carbocycles. The molecule has 5 nitrogen and oxygen atoms in total. The molecule has 0 unspecified atom stereocenters. The molecule has 0 aliphatic rings. The first-order valence-electron chi connectivity index (χ1n) is 6.13. The molecule has 0 amide bonds. The number of esters is 2. The van der Waals surface area contributed by atoms with Gasteiger partial charge in [0.25, 0.3) is 0 Å². The van der Waals surface area contributed by atoms with Crippen LogP contribution >= 0.6 is 27.3 Å². The van der Waals surface area contributed by atoms with Crippen molar-refractivity contribution < 1.29 is 23.8 Å². The van der Waals surface area contributed by atoms with Crippen molar-refractivity contribution >= 4 is 49.3 Å². The number of rotatable bonds is 4. The van der Waals surface area contributed by atoms with Gasteiger partial charge in [-0.05, 0) is 28.9 Å². The van der Waals surface area contributed by atoms with Gasteiger partial charge >= 0.3 is 11.9 Å². The highest BCUT2D eigenvalue weighted by molar-refractivity contribution is 9.10. The van der Waals surface area contributed by atoms with Gasteiger partial charge < -0.3 is 14.2 Å². The normalized spacial score (nSPS) is 10.5. The van der Waals surface area contributed by atoms with Gasteiger partial charge in [0.1, 0.15) is 4.88 Å². The second-order valence-corrected chi connectivity index (χ2v) is 5.94. The highest BCUT2D eigenvalue weighted by atomic mass is 79.9. The number of halogens is 1. The van der Waals surface area contributed by atoms with Gasteiger partial charge in [-0.2, -0.15) is 0 Å². The van der Waals surface area contributed by atoms with Gasteiger partial charge in [-0.25, -0.2) is 4.79 Å². The third kappa shape index (κ3) is 3.19. The predicted octanol–water partition coefficient (Wildman–Crippen LogP) is 3.77. The number of benzene rings is 1. The molecule has 1 aromatic carbocycles. The molecule has 2 rings (SSSR count). The van der Waals surface area contributed by atoms with Crippen LogP contribution in [0.5, 0.6) is 11.5 Å². The van der Waals surface area contributed by atoms with Crippen molar-refractivity contribution in [3.05, 3.63) is 21.5 Å². The maximum absolute atomic E-state index is 11.8. The van der Waals surface area contributed by atoms with Crippen molar-refractivity contribution in [3.8, 4) is 11.5 Å². The van der Waals surface area contributed by atoms with E-state index in [1.165, 1.54) is 25.4 Å². The Hall–Kier alpha value is -1.60. The Balaban J connectivity index is 2.58. The fourth-order valence-electron chi connectivity index (χ4n) is 1.79. The molecule has 1 aromatic heterocycles. The lowest BCUT2D eigenvalue weighted by Crippen LogP contribution is -2.03. The Morgan fingerprint density at radius 2 is 2.05 bits per heavy atom. The second kappa shape index (κ2) is 6.44. The summed E-state index contributed by atoms with van der Waals surface area (Å²) in [4.78, 5) is 23.5. The minimum Gasteiger partial charge on any atom is -0.493 e. The topological polar surface area (TPSA) is 61.8 Å². The van der Waals surface area contributed by atoms with E-state index < -0.39 is 5.97 Å². The second-order valence-electron chi connectivity index (χ2n) is 4.06. The van der Waals surface area contributed by atoms with E-state index in [1.807, 2.05) is 0 Å². The number of fused-ring (bicyclic) bond motifs is 1. The zero-order valence-corrected chi connectivity index (χ0v) is 14.1. The fourth-order valence-corrected chi connectivity index (χ4v) is 3.52. The van der Waals surface area contributed by atoms with Gasteiger partial charge in [-0.3, -0.25) is 4.79 Å². The number of ether oxygens (including phenoxy) is 3. The number of hydrogen-bond acceptors (Lipinski definition) is 6. The zero-order chi connectivity index (χ0) is 15.6. The van der Waals surface area contributed by atoms with E-state index in [0.717, 1.165) is 10.1 Å². The van der Waals surface area contributed by atoms with Crippen LogP contribution in [0.2, 0.25) is 0 Å². The van der Waals surface area contributed by atoms with E-state index in [2.05, 4.69) is 15.9 Å². The van der Waals surface area contributed by atoms with E-state index in [-0.39, 0.29) is 5.97 Å². The van der Waals surface area contributed by atoms with Crippen LogP contribution in [0.4, 0.5) is 0 Å². The average molecular weight is 373 g/mol. The maximum Gasteiger partial charge on any atom is 0.348 e. The van der Waals surface area contributed by atoms with Gasteiger partial charge in [0.05, 0.1) is 18.2 Å². The van der Waals surface area contributed by atoms with Gasteiger partial charge in [0, 0.05) is 23.1 Å². The van der Waals surface area contributed by atoms with Crippen molar-refractivity contribution in [1.29, 1.82) is 0 Å². The molecule has 0 radical (unpaired) electrons. The number of carbonyl (C=O) groups excluding carboxylic acids is 2. The SMILES string of the molecule is CCOC(=O)c1cc2c(Br)c(OC(C)=O)c(OC)cc2s1. The molecule has 2 aromatic rings. The molecule has 1 heterocycles. The standard InChI is InChI=1S/C14H13BrO5S/c1-4-19-14(17)11-5-8-10(21-11)6-9(18-3)13(12(8)15)20-7(2)16/h5-6H,4H2,1-3H3. The number of hydrogen-bond donors (Lipinski definition) is 0. The first-order chi connectivity index (χ1) is 9.97. The minimum absolute atomic E-state index is 0.297. The molecule has 0 spiro atoms. The van der Waals surface area contributed by atoms with Crippen LogP contribution < -0.4 is 9.47 Å². The molecule has 0 N–H and O–H groups in total. The summed E-state index contributed by atoms with van der Waals surface area (Å²) in [7, 11) is 1.49. The van der Waals surface area contributed by atoms with Gasteiger partial charge in [-0.15, -0.1) is 11.3 Å². The Labute approximate surface area is 133 Å². The summed E-state index contributed by atoms with van der Waals surface area (Å²) in [5, 5.41) is 0.764. The lowest BCUT2D eigenvalue weighted by atomic mass is 10.2. The van der Waals surface area contributed by atoms with E-state index in [4.69, 9.17) is 14.2 Å². The van der Waals surface area contributed by atoms with Crippen molar-refractivity contribution in [2.24, 2.45) is 0 Å². The molecule has 0 saturated heterocycles. The van der Waals surface area contributed by atoms with Crippen LogP contribution in [0.1, 0.15) is 23.5 Å². The third-order valence-electron chi connectivity index (χ3n) is 2.62. The van der Waals surface area contributed by atoms with Crippen molar-refractivity contribution in [3.63, 3.8) is 0 Å². The number of thiophene rings is 1. The lowest BCUT2D eigenvalue weighted by Gasteiger charge is -2.10. The van der Waals surface area contributed by atoms with E-state index in [1.54, 1.807) is 19.1 Å². The molecule has 0 fully saturated rings. The summed E-state index contributed by atoms with van der Waals surface area (Å²) in [6.07, 6.45) is 0. The molecule has 0 aliphatic heterocycles. The van der Waals surface area contributed by atoms with Crippen molar-refractivity contribution in [2.45, 2.75) is 13.8 Å².